The number of carbonyl (C=O) groups excluding carboxylic acids is 1. The van der Waals surface area contributed by atoms with Crippen LogP contribution in [0, 0.1) is 5.92 Å². The number of carboxylic acid groups (broad SMARTS) is 1. The van der Waals surface area contributed by atoms with E-state index in [9.17, 15) is 9.59 Å². The van der Waals surface area contributed by atoms with Crippen LogP contribution in [0.5, 0.6) is 0 Å². The van der Waals surface area contributed by atoms with Crippen LogP contribution >= 0.6 is 0 Å². The Labute approximate surface area is 106 Å². The molecule has 0 bridgehead atoms. The molecule has 1 rings (SSSR count). The smallest absolute Gasteiger partial charge is 0.328 e. The van der Waals surface area contributed by atoms with E-state index in [2.05, 4.69) is 10.6 Å². The lowest BCUT2D eigenvalue weighted by Gasteiger charge is -2.12. The highest BCUT2D eigenvalue weighted by atomic mass is 16.5. The SMILES string of the molecule is O=C(NCCCOCC1CC1)N[C@@H](CO)C(=O)O. The molecule has 0 spiro atoms. The van der Waals surface area contributed by atoms with Gasteiger partial charge in [-0.25, -0.2) is 9.59 Å². The Morgan fingerprint density at radius 1 is 1.39 bits per heavy atom. The van der Waals surface area contributed by atoms with Crippen molar-refractivity contribution in [2.24, 2.45) is 5.92 Å². The van der Waals surface area contributed by atoms with Crippen LogP contribution in [0.1, 0.15) is 19.3 Å². The maximum atomic E-state index is 11.2. The number of aliphatic hydroxyl groups is 1. The lowest BCUT2D eigenvalue weighted by atomic mass is 10.3. The molecule has 0 aromatic heterocycles. The zero-order valence-electron chi connectivity index (χ0n) is 10.2. The van der Waals surface area contributed by atoms with Crippen molar-refractivity contribution in [1.29, 1.82) is 0 Å². The summed E-state index contributed by atoms with van der Waals surface area (Å²) in [6.45, 7) is 1.15. The van der Waals surface area contributed by atoms with E-state index in [1.54, 1.807) is 0 Å². The number of urea groups is 1. The van der Waals surface area contributed by atoms with Gasteiger partial charge in [0.15, 0.2) is 6.04 Å². The first kappa shape index (κ1) is 14.7. The van der Waals surface area contributed by atoms with E-state index in [-0.39, 0.29) is 0 Å². The average Bonchev–Trinajstić information content (AvgIpc) is 3.14. The van der Waals surface area contributed by atoms with Crippen LogP contribution in [-0.2, 0) is 9.53 Å². The van der Waals surface area contributed by atoms with Crippen molar-refractivity contribution < 1.29 is 24.5 Å². The number of aliphatic carboxylic acids is 1. The molecule has 0 unspecified atom stereocenters. The topological polar surface area (TPSA) is 108 Å². The number of ether oxygens (including phenoxy) is 1. The highest BCUT2D eigenvalue weighted by Gasteiger charge is 2.21. The summed E-state index contributed by atoms with van der Waals surface area (Å²) < 4.78 is 5.37. The third kappa shape index (κ3) is 6.41. The molecular weight excluding hydrogens is 240 g/mol. The van der Waals surface area contributed by atoms with Gasteiger partial charge in [-0.05, 0) is 25.2 Å². The van der Waals surface area contributed by atoms with Gasteiger partial charge in [0.1, 0.15) is 0 Å². The van der Waals surface area contributed by atoms with E-state index in [0.29, 0.717) is 19.6 Å². The molecule has 7 nitrogen and oxygen atoms in total. The first-order chi connectivity index (χ1) is 8.63. The summed E-state index contributed by atoms with van der Waals surface area (Å²) in [6.07, 6.45) is 3.17. The fourth-order valence-corrected chi connectivity index (χ4v) is 1.31. The molecular formula is C11H20N2O5. The molecule has 1 saturated carbocycles. The number of carboxylic acids is 1. The molecule has 0 aromatic carbocycles. The average molecular weight is 260 g/mol. The molecule has 1 aliphatic carbocycles. The minimum absolute atomic E-state index is 0.411. The van der Waals surface area contributed by atoms with Crippen LogP contribution in [-0.4, -0.2) is 54.6 Å². The normalized spacial score (nSPS) is 16.1. The second-order valence-electron chi connectivity index (χ2n) is 4.35. The second kappa shape index (κ2) is 7.88. The highest BCUT2D eigenvalue weighted by molar-refractivity contribution is 5.82. The number of hydrogen-bond acceptors (Lipinski definition) is 4. The van der Waals surface area contributed by atoms with Crippen molar-refractivity contribution in [1.82, 2.24) is 10.6 Å². The van der Waals surface area contributed by atoms with Gasteiger partial charge in [-0.2, -0.15) is 0 Å². The number of rotatable bonds is 9. The zero-order chi connectivity index (χ0) is 13.4. The first-order valence-corrected chi connectivity index (χ1v) is 6.09. The van der Waals surface area contributed by atoms with Gasteiger partial charge in [-0.1, -0.05) is 0 Å². The van der Waals surface area contributed by atoms with Gasteiger partial charge < -0.3 is 25.6 Å². The molecule has 0 saturated heterocycles. The lowest BCUT2D eigenvalue weighted by Crippen LogP contribution is -2.48. The predicted octanol–water partition coefficient (Wildman–Crippen LogP) is -0.452. The van der Waals surface area contributed by atoms with Crippen molar-refractivity contribution in [3.63, 3.8) is 0 Å². The molecule has 104 valence electrons. The maximum absolute atomic E-state index is 11.2. The van der Waals surface area contributed by atoms with E-state index >= 15 is 0 Å². The Kier molecular flexibility index (Phi) is 6.45. The van der Waals surface area contributed by atoms with Crippen molar-refractivity contribution >= 4 is 12.0 Å². The van der Waals surface area contributed by atoms with Gasteiger partial charge in [0, 0.05) is 19.8 Å². The molecule has 2 amide bonds. The van der Waals surface area contributed by atoms with Crippen LogP contribution < -0.4 is 10.6 Å². The standard InChI is InChI=1S/C11H20N2O5/c14-6-9(10(15)16)13-11(17)12-4-1-5-18-7-8-2-3-8/h8-9,14H,1-7H2,(H,15,16)(H2,12,13,17)/t9-/m0/s1. The van der Waals surface area contributed by atoms with Crippen molar-refractivity contribution in [3.8, 4) is 0 Å². The van der Waals surface area contributed by atoms with Gasteiger partial charge in [0.05, 0.1) is 6.61 Å². The highest BCUT2D eigenvalue weighted by Crippen LogP contribution is 2.28. The Hall–Kier alpha value is -1.34. The molecule has 0 heterocycles. The van der Waals surface area contributed by atoms with E-state index in [1.807, 2.05) is 0 Å². The minimum Gasteiger partial charge on any atom is -0.480 e. The molecule has 0 aliphatic heterocycles. The van der Waals surface area contributed by atoms with Crippen LogP contribution in [0.2, 0.25) is 0 Å². The summed E-state index contributed by atoms with van der Waals surface area (Å²) >= 11 is 0. The van der Waals surface area contributed by atoms with E-state index in [0.717, 1.165) is 12.5 Å². The van der Waals surface area contributed by atoms with Crippen molar-refractivity contribution in [2.45, 2.75) is 25.3 Å². The third-order valence-corrected chi connectivity index (χ3v) is 2.59. The Morgan fingerprint density at radius 3 is 2.67 bits per heavy atom. The minimum atomic E-state index is -1.27. The fourth-order valence-electron chi connectivity index (χ4n) is 1.31. The van der Waals surface area contributed by atoms with E-state index in [1.165, 1.54) is 12.8 Å². The monoisotopic (exact) mass is 260 g/mol. The maximum Gasteiger partial charge on any atom is 0.328 e. The van der Waals surface area contributed by atoms with Gasteiger partial charge in [0.2, 0.25) is 0 Å². The predicted molar refractivity (Wildman–Crippen MR) is 63.2 cm³/mol. The number of amides is 2. The first-order valence-electron chi connectivity index (χ1n) is 6.09. The Morgan fingerprint density at radius 2 is 2.11 bits per heavy atom. The lowest BCUT2D eigenvalue weighted by molar-refractivity contribution is -0.140. The Bertz CT molecular complexity index is 281. The van der Waals surface area contributed by atoms with Gasteiger partial charge in [-0.3, -0.25) is 0 Å². The summed E-state index contributed by atoms with van der Waals surface area (Å²) in [5.41, 5.74) is 0. The fraction of sp³-hybridized carbons (Fsp3) is 0.818. The molecule has 0 radical (unpaired) electrons. The zero-order valence-corrected chi connectivity index (χ0v) is 10.2. The second-order valence-corrected chi connectivity index (χ2v) is 4.35. The molecule has 1 fully saturated rings. The van der Waals surface area contributed by atoms with Crippen LogP contribution in [0.25, 0.3) is 0 Å². The van der Waals surface area contributed by atoms with Crippen molar-refractivity contribution in [3.05, 3.63) is 0 Å². The molecule has 0 aromatic rings. The van der Waals surface area contributed by atoms with E-state index < -0.39 is 24.6 Å². The van der Waals surface area contributed by atoms with Crippen LogP contribution in [0.15, 0.2) is 0 Å². The summed E-state index contributed by atoms with van der Waals surface area (Å²) in [5.74, 6) is -0.539. The van der Waals surface area contributed by atoms with Gasteiger partial charge in [-0.15, -0.1) is 0 Å². The number of hydrogen-bond donors (Lipinski definition) is 4. The van der Waals surface area contributed by atoms with Gasteiger partial charge >= 0.3 is 12.0 Å². The number of nitrogens with one attached hydrogen (secondary N) is 2. The van der Waals surface area contributed by atoms with E-state index in [4.69, 9.17) is 14.9 Å². The Balaban J connectivity index is 1.96. The summed E-state index contributed by atoms with van der Waals surface area (Å²) in [5, 5.41) is 21.9. The molecule has 1 aliphatic rings. The molecule has 18 heavy (non-hydrogen) atoms. The summed E-state index contributed by atoms with van der Waals surface area (Å²) in [7, 11) is 0. The number of aliphatic hydroxyl groups excluding tert-OH is 1. The van der Waals surface area contributed by atoms with Crippen LogP contribution in [0.3, 0.4) is 0 Å². The summed E-state index contributed by atoms with van der Waals surface area (Å²) in [4.78, 5) is 21.8. The van der Waals surface area contributed by atoms with Crippen LogP contribution in [0.4, 0.5) is 4.79 Å². The number of carbonyl (C=O) groups is 2. The largest absolute Gasteiger partial charge is 0.480 e. The van der Waals surface area contributed by atoms with Gasteiger partial charge in [0.25, 0.3) is 0 Å². The van der Waals surface area contributed by atoms with Crippen molar-refractivity contribution in [2.75, 3.05) is 26.4 Å². The summed E-state index contributed by atoms with van der Waals surface area (Å²) in [6, 6.07) is -1.87. The molecule has 7 heteroatoms. The quantitative estimate of drug-likeness (QED) is 0.420. The molecule has 4 N–H and O–H groups in total. The third-order valence-electron chi connectivity index (χ3n) is 2.59. The molecule has 1 atom stereocenters.